The number of nitrogens with one attached hydrogen (secondary N) is 2. The number of hydrogen-bond acceptors (Lipinski definition) is 3. The second kappa shape index (κ2) is 8.00. The highest BCUT2D eigenvalue weighted by molar-refractivity contribution is 5.99. The highest BCUT2D eigenvalue weighted by Crippen LogP contribution is 2.24. The Bertz CT molecular complexity index is 618. The molecule has 0 aromatic heterocycles. The van der Waals surface area contributed by atoms with Gasteiger partial charge in [-0.2, -0.15) is 0 Å². The van der Waals surface area contributed by atoms with Crippen molar-refractivity contribution < 1.29 is 9.59 Å². The van der Waals surface area contributed by atoms with E-state index in [0.717, 1.165) is 61.9 Å². The third-order valence-corrected chi connectivity index (χ3v) is 5.43. The Morgan fingerprint density at radius 2 is 1.80 bits per heavy atom. The second-order valence-electron chi connectivity index (χ2n) is 7.30. The van der Waals surface area contributed by atoms with Crippen LogP contribution in [-0.4, -0.2) is 41.9 Å². The summed E-state index contributed by atoms with van der Waals surface area (Å²) in [5.74, 6) is 0.0438. The monoisotopic (exact) mass is 343 g/mol. The Morgan fingerprint density at radius 3 is 2.48 bits per heavy atom. The van der Waals surface area contributed by atoms with Gasteiger partial charge in [0.25, 0.3) is 0 Å². The molecule has 3 rings (SSSR count). The fraction of sp³-hybridized carbons (Fsp3) is 0.600. The zero-order valence-electron chi connectivity index (χ0n) is 15.3. The number of carbonyl (C=O) groups is 2. The van der Waals surface area contributed by atoms with Gasteiger partial charge in [-0.05, 0) is 63.6 Å². The van der Waals surface area contributed by atoms with Crippen LogP contribution in [0.15, 0.2) is 18.2 Å². The molecular weight excluding hydrogens is 314 g/mol. The maximum absolute atomic E-state index is 12.9. The van der Waals surface area contributed by atoms with Crippen LogP contribution >= 0.6 is 0 Å². The molecule has 2 saturated heterocycles. The van der Waals surface area contributed by atoms with Crippen LogP contribution in [0, 0.1) is 13.8 Å². The summed E-state index contributed by atoms with van der Waals surface area (Å²) >= 11 is 0. The lowest BCUT2D eigenvalue weighted by atomic mass is 9.97. The lowest BCUT2D eigenvalue weighted by Crippen LogP contribution is -2.56. The number of anilines is 1. The van der Waals surface area contributed by atoms with Crippen LogP contribution in [0.3, 0.4) is 0 Å². The molecule has 2 atom stereocenters. The molecule has 0 saturated carbocycles. The first kappa shape index (κ1) is 17.9. The summed E-state index contributed by atoms with van der Waals surface area (Å²) in [4.78, 5) is 27.7. The first-order chi connectivity index (χ1) is 12.1. The summed E-state index contributed by atoms with van der Waals surface area (Å²) in [6, 6.07) is 5.51. The maximum Gasteiger partial charge on any atom is 0.247 e. The molecule has 5 heteroatoms. The molecule has 2 heterocycles. The second-order valence-corrected chi connectivity index (χ2v) is 7.30. The number of rotatable bonds is 3. The van der Waals surface area contributed by atoms with E-state index in [2.05, 4.69) is 10.6 Å². The quantitative estimate of drug-likeness (QED) is 0.887. The lowest BCUT2D eigenvalue weighted by Gasteiger charge is -2.38. The predicted molar refractivity (Wildman–Crippen MR) is 99.5 cm³/mol. The van der Waals surface area contributed by atoms with Crippen molar-refractivity contribution in [2.45, 2.75) is 64.5 Å². The van der Waals surface area contributed by atoms with E-state index in [0.29, 0.717) is 6.54 Å². The molecule has 2 fully saturated rings. The van der Waals surface area contributed by atoms with Crippen molar-refractivity contribution in [3.8, 4) is 0 Å². The van der Waals surface area contributed by atoms with Crippen LogP contribution in [0.25, 0.3) is 0 Å². The largest absolute Gasteiger partial charge is 0.329 e. The minimum Gasteiger partial charge on any atom is -0.329 e. The Kier molecular flexibility index (Phi) is 5.74. The van der Waals surface area contributed by atoms with Gasteiger partial charge in [0.15, 0.2) is 0 Å². The Balaban J connectivity index is 1.73. The van der Waals surface area contributed by atoms with E-state index in [4.69, 9.17) is 0 Å². The summed E-state index contributed by atoms with van der Waals surface area (Å²) in [6.45, 7) is 5.57. The average Bonchev–Trinajstić information content (AvgIpc) is 2.65. The summed E-state index contributed by atoms with van der Waals surface area (Å²) in [5, 5.41) is 6.40. The number of nitrogens with zero attached hydrogens (tertiary/aromatic N) is 1. The van der Waals surface area contributed by atoms with Crippen LogP contribution in [0.2, 0.25) is 0 Å². The van der Waals surface area contributed by atoms with Gasteiger partial charge in [0, 0.05) is 12.2 Å². The molecule has 0 aliphatic carbocycles. The van der Waals surface area contributed by atoms with Crippen LogP contribution in [-0.2, 0) is 9.59 Å². The number of amides is 2. The molecule has 2 amide bonds. The number of likely N-dealkylation sites (tertiary alicyclic amines) is 1. The predicted octanol–water partition coefficient (Wildman–Crippen LogP) is 2.77. The topological polar surface area (TPSA) is 61.4 Å². The zero-order chi connectivity index (χ0) is 17.8. The lowest BCUT2D eigenvalue weighted by molar-refractivity contribution is -0.142. The molecule has 0 spiro atoms. The van der Waals surface area contributed by atoms with Gasteiger partial charge in [-0.3, -0.25) is 9.59 Å². The fourth-order valence-electron chi connectivity index (χ4n) is 3.95. The Labute approximate surface area is 150 Å². The fourth-order valence-corrected chi connectivity index (χ4v) is 3.95. The van der Waals surface area contributed by atoms with E-state index in [1.165, 1.54) is 0 Å². The van der Waals surface area contributed by atoms with E-state index in [9.17, 15) is 9.59 Å². The number of piperidine rings is 2. The Morgan fingerprint density at radius 1 is 1.08 bits per heavy atom. The van der Waals surface area contributed by atoms with Crippen LogP contribution in [0.1, 0.15) is 49.7 Å². The van der Waals surface area contributed by atoms with E-state index in [1.807, 2.05) is 36.9 Å². The maximum atomic E-state index is 12.9. The molecule has 0 bridgehead atoms. The van der Waals surface area contributed by atoms with Crippen LogP contribution in [0.5, 0.6) is 0 Å². The van der Waals surface area contributed by atoms with Gasteiger partial charge in [0.1, 0.15) is 6.04 Å². The third-order valence-electron chi connectivity index (χ3n) is 5.43. The number of para-hydroxylation sites is 1. The molecule has 2 N–H and O–H groups in total. The van der Waals surface area contributed by atoms with Gasteiger partial charge >= 0.3 is 0 Å². The smallest absolute Gasteiger partial charge is 0.247 e. The van der Waals surface area contributed by atoms with Crippen LogP contribution < -0.4 is 10.6 Å². The molecule has 5 nitrogen and oxygen atoms in total. The molecule has 2 unspecified atom stereocenters. The molecule has 1 aromatic rings. The minimum atomic E-state index is -0.357. The van der Waals surface area contributed by atoms with Crippen molar-refractivity contribution in [2.24, 2.45) is 0 Å². The van der Waals surface area contributed by atoms with Gasteiger partial charge in [-0.25, -0.2) is 0 Å². The van der Waals surface area contributed by atoms with Gasteiger partial charge < -0.3 is 15.5 Å². The Hall–Kier alpha value is -1.88. The molecule has 136 valence electrons. The molecule has 25 heavy (non-hydrogen) atoms. The van der Waals surface area contributed by atoms with Crippen molar-refractivity contribution >= 4 is 17.5 Å². The van der Waals surface area contributed by atoms with Crippen LogP contribution in [0.4, 0.5) is 5.69 Å². The summed E-state index contributed by atoms with van der Waals surface area (Å²) in [6.07, 6.45) is 5.80. The molecular formula is C20H29N3O2. The molecule has 1 aromatic carbocycles. The number of hydrogen-bond donors (Lipinski definition) is 2. The van der Waals surface area contributed by atoms with Crippen molar-refractivity contribution in [3.63, 3.8) is 0 Å². The van der Waals surface area contributed by atoms with E-state index in [1.54, 1.807) is 0 Å². The highest BCUT2D eigenvalue weighted by atomic mass is 16.2. The van der Waals surface area contributed by atoms with Crippen molar-refractivity contribution in [1.29, 1.82) is 0 Å². The standard InChI is InChI=1S/C20H29N3O2/c1-14-8-7-9-15(2)18(14)22-19(24)17-11-4-6-13-23(17)20(25)16-10-3-5-12-21-16/h7-9,16-17,21H,3-6,10-13H2,1-2H3,(H,22,24). The molecule has 2 aliphatic heterocycles. The van der Waals surface area contributed by atoms with Gasteiger partial charge in [-0.15, -0.1) is 0 Å². The van der Waals surface area contributed by atoms with Crippen molar-refractivity contribution in [2.75, 3.05) is 18.4 Å². The normalized spacial score (nSPS) is 24.0. The first-order valence-electron chi connectivity index (χ1n) is 9.49. The van der Waals surface area contributed by atoms with Gasteiger partial charge in [-0.1, -0.05) is 24.6 Å². The van der Waals surface area contributed by atoms with Gasteiger partial charge in [0.2, 0.25) is 11.8 Å². The zero-order valence-corrected chi connectivity index (χ0v) is 15.3. The summed E-state index contributed by atoms with van der Waals surface area (Å²) < 4.78 is 0. The average molecular weight is 343 g/mol. The minimum absolute atomic E-state index is 0.0544. The number of carbonyl (C=O) groups excluding carboxylic acids is 2. The first-order valence-corrected chi connectivity index (χ1v) is 9.49. The number of aryl methyl sites for hydroxylation is 2. The SMILES string of the molecule is Cc1cccc(C)c1NC(=O)C1CCCCN1C(=O)C1CCCCN1. The van der Waals surface area contributed by atoms with Gasteiger partial charge in [0.05, 0.1) is 6.04 Å². The van der Waals surface area contributed by atoms with E-state index >= 15 is 0 Å². The summed E-state index contributed by atoms with van der Waals surface area (Å²) in [7, 11) is 0. The third kappa shape index (κ3) is 4.03. The van der Waals surface area contributed by atoms with E-state index < -0.39 is 0 Å². The highest BCUT2D eigenvalue weighted by Gasteiger charge is 2.35. The molecule has 0 radical (unpaired) electrons. The molecule has 2 aliphatic rings. The number of benzene rings is 1. The van der Waals surface area contributed by atoms with Crippen molar-refractivity contribution in [3.05, 3.63) is 29.3 Å². The summed E-state index contributed by atoms with van der Waals surface area (Å²) in [5.41, 5.74) is 2.98. The van der Waals surface area contributed by atoms with E-state index in [-0.39, 0.29) is 23.9 Å². The van der Waals surface area contributed by atoms with Crippen molar-refractivity contribution in [1.82, 2.24) is 10.2 Å².